The Labute approximate surface area is 176 Å². The zero-order valence-electron chi connectivity index (χ0n) is 17.3. The Hall–Kier alpha value is -3.06. The number of morpholine rings is 1. The second-order valence-electron chi connectivity index (χ2n) is 7.51. The van der Waals surface area contributed by atoms with Gasteiger partial charge < -0.3 is 24.0 Å². The predicted octanol–water partition coefficient (Wildman–Crippen LogP) is 2.20. The smallest absolute Gasteiger partial charge is 0.265 e. The molecule has 1 atom stereocenters. The van der Waals surface area contributed by atoms with Crippen LogP contribution in [0.15, 0.2) is 42.5 Å². The Morgan fingerprint density at radius 1 is 1.13 bits per heavy atom. The van der Waals surface area contributed by atoms with Crippen molar-refractivity contribution in [1.29, 1.82) is 0 Å². The number of fused-ring (bicyclic) bond motifs is 1. The lowest BCUT2D eigenvalue weighted by atomic mass is 10.1. The van der Waals surface area contributed by atoms with Crippen LogP contribution in [-0.4, -0.2) is 62.8 Å². The van der Waals surface area contributed by atoms with Gasteiger partial charge in [-0.25, -0.2) is 0 Å². The predicted molar refractivity (Wildman–Crippen MR) is 112 cm³/mol. The van der Waals surface area contributed by atoms with Gasteiger partial charge in [0, 0.05) is 18.7 Å². The summed E-state index contributed by atoms with van der Waals surface area (Å²) in [6, 6.07) is 13.1. The minimum absolute atomic E-state index is 0.102. The molecule has 2 aromatic carbocycles. The molecule has 7 nitrogen and oxygen atoms in total. The number of rotatable bonds is 4. The number of nitrogens with zero attached hydrogens (tertiary/aromatic N) is 2. The minimum atomic E-state index is -0.735. The van der Waals surface area contributed by atoms with Crippen molar-refractivity contribution in [3.05, 3.63) is 53.6 Å². The zero-order valence-corrected chi connectivity index (χ0v) is 17.3. The van der Waals surface area contributed by atoms with Crippen molar-refractivity contribution in [2.45, 2.75) is 19.4 Å². The van der Waals surface area contributed by atoms with Crippen LogP contribution in [0.4, 0.5) is 5.69 Å². The van der Waals surface area contributed by atoms with Gasteiger partial charge in [0.25, 0.3) is 5.91 Å². The summed E-state index contributed by atoms with van der Waals surface area (Å²) in [6.07, 6.45) is -0.557. The first kappa shape index (κ1) is 20.2. The molecular weight excluding hydrogens is 384 g/mol. The molecule has 1 saturated heterocycles. The van der Waals surface area contributed by atoms with E-state index in [-0.39, 0.29) is 24.8 Å². The Balaban J connectivity index is 1.58. The first-order valence-corrected chi connectivity index (χ1v) is 10.1. The van der Waals surface area contributed by atoms with Gasteiger partial charge in [-0.1, -0.05) is 29.8 Å². The van der Waals surface area contributed by atoms with E-state index >= 15 is 0 Å². The van der Waals surface area contributed by atoms with E-state index in [9.17, 15) is 9.59 Å². The molecule has 4 rings (SSSR count). The number of carbonyl (C=O) groups is 2. The van der Waals surface area contributed by atoms with E-state index in [1.54, 1.807) is 23.0 Å². The monoisotopic (exact) mass is 410 g/mol. The first-order valence-electron chi connectivity index (χ1n) is 10.1. The fourth-order valence-corrected chi connectivity index (χ4v) is 3.89. The third-order valence-electron chi connectivity index (χ3n) is 5.45. The molecule has 1 unspecified atom stereocenters. The largest absolute Gasteiger partial charge is 0.496 e. The molecule has 2 aliphatic rings. The quantitative estimate of drug-likeness (QED) is 0.773. The fraction of sp³-hybridized carbons (Fsp3) is 0.391. The summed E-state index contributed by atoms with van der Waals surface area (Å²) < 4.78 is 16.8. The van der Waals surface area contributed by atoms with Gasteiger partial charge in [0.15, 0.2) is 6.10 Å². The van der Waals surface area contributed by atoms with Crippen LogP contribution in [0.3, 0.4) is 0 Å². The highest BCUT2D eigenvalue weighted by Gasteiger charge is 2.36. The molecule has 2 amide bonds. The molecule has 7 heteroatoms. The van der Waals surface area contributed by atoms with Crippen LogP contribution >= 0.6 is 0 Å². The maximum atomic E-state index is 13.3. The molecule has 0 radical (unpaired) electrons. The lowest BCUT2D eigenvalue weighted by Crippen LogP contribution is -2.54. The van der Waals surface area contributed by atoms with Gasteiger partial charge in [-0.15, -0.1) is 0 Å². The average Bonchev–Trinajstić information content (AvgIpc) is 2.78. The first-order chi connectivity index (χ1) is 14.6. The van der Waals surface area contributed by atoms with Crippen molar-refractivity contribution >= 4 is 17.5 Å². The number of amides is 2. The van der Waals surface area contributed by atoms with Crippen molar-refractivity contribution in [3.63, 3.8) is 0 Å². The molecule has 0 N–H and O–H groups in total. The van der Waals surface area contributed by atoms with Gasteiger partial charge in [0.1, 0.15) is 11.5 Å². The number of anilines is 1. The van der Waals surface area contributed by atoms with Crippen LogP contribution in [0.25, 0.3) is 0 Å². The number of benzene rings is 2. The summed E-state index contributed by atoms with van der Waals surface area (Å²) in [5.41, 5.74) is 2.56. The second kappa shape index (κ2) is 8.75. The summed E-state index contributed by atoms with van der Waals surface area (Å²) in [4.78, 5) is 29.7. The van der Waals surface area contributed by atoms with Crippen LogP contribution in [0.1, 0.15) is 11.1 Å². The highest BCUT2D eigenvalue weighted by Crippen LogP contribution is 2.34. The molecule has 0 aromatic heterocycles. The molecule has 0 bridgehead atoms. The number of carbonyl (C=O) groups excluding carboxylic acids is 2. The number of para-hydroxylation sites is 2. The summed E-state index contributed by atoms with van der Waals surface area (Å²) in [5, 5.41) is 0. The summed E-state index contributed by atoms with van der Waals surface area (Å²) in [5.74, 6) is 1.00. The van der Waals surface area contributed by atoms with E-state index < -0.39 is 6.10 Å². The third-order valence-corrected chi connectivity index (χ3v) is 5.45. The molecule has 2 aromatic rings. The van der Waals surface area contributed by atoms with E-state index in [2.05, 4.69) is 0 Å². The molecule has 0 aliphatic carbocycles. The molecule has 2 heterocycles. The van der Waals surface area contributed by atoms with Gasteiger partial charge in [-0.2, -0.15) is 0 Å². The van der Waals surface area contributed by atoms with Crippen molar-refractivity contribution in [2.24, 2.45) is 0 Å². The van der Waals surface area contributed by atoms with E-state index in [0.29, 0.717) is 43.5 Å². The number of aryl methyl sites for hydroxylation is 1. The lowest BCUT2D eigenvalue weighted by Gasteiger charge is -2.37. The van der Waals surface area contributed by atoms with Crippen molar-refractivity contribution in [3.8, 4) is 11.5 Å². The topological polar surface area (TPSA) is 68.3 Å². The minimum Gasteiger partial charge on any atom is -0.496 e. The summed E-state index contributed by atoms with van der Waals surface area (Å²) in [7, 11) is 1.60. The Morgan fingerprint density at radius 2 is 1.90 bits per heavy atom. The number of methoxy groups -OCH3 is 1. The number of ether oxygens (including phenoxy) is 3. The van der Waals surface area contributed by atoms with Crippen molar-refractivity contribution < 1.29 is 23.8 Å². The van der Waals surface area contributed by atoms with E-state index in [4.69, 9.17) is 14.2 Å². The number of hydrogen-bond acceptors (Lipinski definition) is 5. The second-order valence-corrected chi connectivity index (χ2v) is 7.51. The van der Waals surface area contributed by atoms with Crippen LogP contribution in [0.2, 0.25) is 0 Å². The van der Waals surface area contributed by atoms with Crippen molar-refractivity contribution in [1.82, 2.24) is 4.90 Å². The normalized spacial score (nSPS) is 18.4. The molecule has 0 spiro atoms. The van der Waals surface area contributed by atoms with Crippen LogP contribution in [-0.2, 0) is 20.7 Å². The summed E-state index contributed by atoms with van der Waals surface area (Å²) >= 11 is 0. The SMILES string of the molecule is COc1ccc(C)cc1CC(=O)N1CC(C(=O)N2CCOCC2)Oc2ccccc21. The van der Waals surface area contributed by atoms with Gasteiger partial charge >= 0.3 is 0 Å². The fourth-order valence-electron chi connectivity index (χ4n) is 3.89. The van der Waals surface area contributed by atoms with Gasteiger partial charge in [0.2, 0.25) is 5.91 Å². The van der Waals surface area contributed by atoms with Gasteiger partial charge in [-0.05, 0) is 25.1 Å². The molecule has 2 aliphatic heterocycles. The Bertz CT molecular complexity index is 939. The maximum Gasteiger partial charge on any atom is 0.265 e. The van der Waals surface area contributed by atoms with Gasteiger partial charge in [-0.3, -0.25) is 9.59 Å². The van der Waals surface area contributed by atoms with E-state index in [0.717, 1.165) is 11.1 Å². The third kappa shape index (κ3) is 4.11. The van der Waals surface area contributed by atoms with Crippen LogP contribution < -0.4 is 14.4 Å². The van der Waals surface area contributed by atoms with Crippen molar-refractivity contribution in [2.75, 3.05) is 44.9 Å². The van der Waals surface area contributed by atoms with Crippen LogP contribution in [0.5, 0.6) is 11.5 Å². The van der Waals surface area contributed by atoms with E-state index in [1.165, 1.54) is 0 Å². The Kier molecular flexibility index (Phi) is 5.90. The number of hydrogen-bond donors (Lipinski definition) is 0. The average molecular weight is 410 g/mol. The highest BCUT2D eigenvalue weighted by atomic mass is 16.5. The van der Waals surface area contributed by atoms with E-state index in [1.807, 2.05) is 43.3 Å². The molecule has 30 heavy (non-hydrogen) atoms. The summed E-state index contributed by atoms with van der Waals surface area (Å²) in [6.45, 7) is 4.27. The molecular formula is C23H26N2O5. The van der Waals surface area contributed by atoms with Crippen LogP contribution in [0, 0.1) is 6.92 Å². The maximum absolute atomic E-state index is 13.3. The lowest BCUT2D eigenvalue weighted by molar-refractivity contribution is -0.142. The Morgan fingerprint density at radius 3 is 2.67 bits per heavy atom. The molecule has 158 valence electrons. The molecule has 0 saturated carbocycles. The standard InChI is InChI=1S/C23H26N2O5/c1-16-7-8-19(28-2)17(13-16)14-22(26)25-15-21(23(27)24-9-11-29-12-10-24)30-20-6-4-3-5-18(20)25/h3-8,13,21H,9-12,14-15H2,1-2H3. The van der Waals surface area contributed by atoms with Gasteiger partial charge in [0.05, 0.1) is 39.0 Å². The zero-order chi connectivity index (χ0) is 21.1. The highest BCUT2D eigenvalue weighted by molar-refractivity contribution is 5.98. The molecule has 1 fully saturated rings.